The minimum Gasteiger partial charge on any atom is -0.503 e. The number of nitrogens with zero attached hydrogens (tertiary/aromatic N) is 2. The number of aliphatic hydroxyl groups excluding tert-OH is 1. The topological polar surface area (TPSA) is 106 Å². The summed E-state index contributed by atoms with van der Waals surface area (Å²) in [6, 6.07) is 8.07. The number of nitrogens with two attached hydrogens (primary N) is 1. The fraction of sp³-hybridized carbons (Fsp3) is 0.188. The van der Waals surface area contributed by atoms with Crippen LogP contribution in [0.4, 0.5) is 0 Å². The van der Waals surface area contributed by atoms with Crippen LogP contribution < -0.4 is 5.73 Å². The number of primary amides is 1. The van der Waals surface area contributed by atoms with Gasteiger partial charge in [0.25, 0.3) is 15.9 Å². The van der Waals surface area contributed by atoms with Gasteiger partial charge < -0.3 is 15.7 Å². The SMILES string of the molecule is CN(C)Cc1ccc(S(=O)(=O)n2ccc(/C=C(/O)C(N)=O)c2)cc1. The summed E-state index contributed by atoms with van der Waals surface area (Å²) in [5, 5.41) is 9.34. The minimum absolute atomic E-state index is 0.148. The van der Waals surface area contributed by atoms with E-state index in [1.807, 2.05) is 19.0 Å². The smallest absolute Gasteiger partial charge is 0.283 e. The Bertz CT molecular complexity index is 865. The van der Waals surface area contributed by atoms with E-state index < -0.39 is 21.7 Å². The van der Waals surface area contributed by atoms with Crippen LogP contribution in [0.1, 0.15) is 11.1 Å². The third-order valence-electron chi connectivity index (χ3n) is 3.24. The summed E-state index contributed by atoms with van der Waals surface area (Å²) in [5.74, 6) is -1.62. The Hall–Kier alpha value is -2.58. The largest absolute Gasteiger partial charge is 0.503 e. The van der Waals surface area contributed by atoms with Crippen LogP contribution in [-0.2, 0) is 21.4 Å². The highest BCUT2D eigenvalue weighted by atomic mass is 32.2. The molecule has 0 radical (unpaired) electrons. The molecule has 24 heavy (non-hydrogen) atoms. The number of carbonyl (C=O) groups is 1. The van der Waals surface area contributed by atoms with Crippen molar-refractivity contribution < 1.29 is 18.3 Å². The molecule has 1 amide bonds. The number of aromatic nitrogens is 1. The Balaban J connectivity index is 2.29. The van der Waals surface area contributed by atoms with Gasteiger partial charge >= 0.3 is 0 Å². The van der Waals surface area contributed by atoms with Crippen LogP contribution in [0.2, 0.25) is 0 Å². The van der Waals surface area contributed by atoms with Crippen molar-refractivity contribution in [1.29, 1.82) is 0 Å². The molecule has 128 valence electrons. The molecule has 7 nitrogen and oxygen atoms in total. The molecule has 0 saturated heterocycles. The van der Waals surface area contributed by atoms with Crippen LogP contribution in [0.5, 0.6) is 0 Å². The van der Waals surface area contributed by atoms with Crippen molar-refractivity contribution in [2.45, 2.75) is 11.4 Å². The monoisotopic (exact) mass is 349 g/mol. The maximum Gasteiger partial charge on any atom is 0.283 e. The second kappa shape index (κ2) is 6.90. The number of hydrogen-bond acceptors (Lipinski definition) is 5. The van der Waals surface area contributed by atoms with E-state index in [9.17, 15) is 18.3 Å². The normalized spacial score (nSPS) is 12.5. The van der Waals surface area contributed by atoms with Gasteiger partial charge in [0.2, 0.25) is 0 Å². The number of hydrogen-bond donors (Lipinski definition) is 2. The van der Waals surface area contributed by atoms with Crippen molar-refractivity contribution in [3.63, 3.8) is 0 Å². The summed E-state index contributed by atoms with van der Waals surface area (Å²) in [6.07, 6.45) is 3.74. The van der Waals surface area contributed by atoms with E-state index in [0.717, 1.165) is 15.6 Å². The van der Waals surface area contributed by atoms with Gasteiger partial charge in [-0.05, 0) is 49.5 Å². The van der Waals surface area contributed by atoms with Crippen molar-refractivity contribution >= 4 is 22.0 Å². The van der Waals surface area contributed by atoms with E-state index in [-0.39, 0.29) is 4.90 Å². The fourth-order valence-electron chi connectivity index (χ4n) is 2.11. The van der Waals surface area contributed by atoms with Gasteiger partial charge in [0.05, 0.1) is 4.90 Å². The molecule has 3 N–H and O–H groups in total. The van der Waals surface area contributed by atoms with Gasteiger partial charge in [0.15, 0.2) is 5.76 Å². The Morgan fingerprint density at radius 3 is 2.42 bits per heavy atom. The Kier molecular flexibility index (Phi) is 5.10. The molecule has 1 aromatic heterocycles. The van der Waals surface area contributed by atoms with Crippen LogP contribution >= 0.6 is 0 Å². The number of aliphatic hydroxyl groups is 1. The van der Waals surface area contributed by atoms with Crippen molar-refractivity contribution in [1.82, 2.24) is 8.87 Å². The number of carbonyl (C=O) groups excluding carboxylic acids is 1. The van der Waals surface area contributed by atoms with Crippen LogP contribution in [-0.4, -0.2) is 42.4 Å². The highest BCUT2D eigenvalue weighted by molar-refractivity contribution is 7.90. The summed E-state index contributed by atoms with van der Waals surface area (Å²) < 4.78 is 26.2. The molecular weight excluding hydrogens is 330 g/mol. The molecule has 1 aromatic carbocycles. The third-order valence-corrected chi connectivity index (χ3v) is 4.89. The highest BCUT2D eigenvalue weighted by Gasteiger charge is 2.16. The van der Waals surface area contributed by atoms with Crippen LogP contribution in [0.3, 0.4) is 0 Å². The van der Waals surface area contributed by atoms with Gasteiger partial charge in [0, 0.05) is 18.9 Å². The van der Waals surface area contributed by atoms with Crippen molar-refractivity contribution in [3.05, 3.63) is 59.6 Å². The van der Waals surface area contributed by atoms with E-state index in [0.29, 0.717) is 12.1 Å². The molecule has 0 spiro atoms. The fourth-order valence-corrected chi connectivity index (χ4v) is 3.32. The molecule has 0 unspecified atom stereocenters. The molecule has 2 aromatic rings. The first-order valence-corrected chi connectivity index (χ1v) is 8.52. The molecular formula is C16H19N3O4S. The quantitative estimate of drug-likeness (QED) is 0.601. The Morgan fingerprint density at radius 2 is 1.88 bits per heavy atom. The van der Waals surface area contributed by atoms with Crippen molar-refractivity contribution in [2.24, 2.45) is 5.73 Å². The van der Waals surface area contributed by atoms with Crippen molar-refractivity contribution in [2.75, 3.05) is 14.1 Å². The molecule has 0 bridgehead atoms. The van der Waals surface area contributed by atoms with Gasteiger partial charge in [-0.15, -0.1) is 0 Å². The third kappa shape index (κ3) is 4.03. The van der Waals surface area contributed by atoms with E-state index in [1.54, 1.807) is 24.3 Å². The van der Waals surface area contributed by atoms with Gasteiger partial charge in [-0.25, -0.2) is 12.4 Å². The van der Waals surface area contributed by atoms with Crippen molar-refractivity contribution in [3.8, 4) is 0 Å². The average molecular weight is 349 g/mol. The van der Waals surface area contributed by atoms with Crippen LogP contribution in [0, 0.1) is 0 Å². The van der Waals surface area contributed by atoms with Gasteiger partial charge in [-0.2, -0.15) is 0 Å². The summed E-state index contributed by atoms with van der Waals surface area (Å²) in [7, 11) is 0.120. The molecule has 0 saturated carbocycles. The van der Waals surface area contributed by atoms with E-state index in [4.69, 9.17) is 5.73 Å². The molecule has 8 heteroatoms. The molecule has 0 aliphatic carbocycles. The molecule has 0 aliphatic rings. The molecule has 0 aliphatic heterocycles. The minimum atomic E-state index is -3.74. The van der Waals surface area contributed by atoms with Gasteiger partial charge in [-0.3, -0.25) is 4.79 Å². The predicted molar refractivity (Wildman–Crippen MR) is 90.6 cm³/mol. The maximum atomic E-state index is 12.6. The first-order valence-electron chi connectivity index (χ1n) is 7.08. The Morgan fingerprint density at radius 1 is 1.25 bits per heavy atom. The second-order valence-electron chi connectivity index (χ2n) is 5.56. The highest BCUT2D eigenvalue weighted by Crippen LogP contribution is 2.17. The zero-order chi connectivity index (χ0) is 17.9. The molecule has 2 rings (SSSR count). The standard InChI is InChI=1S/C16H19N3O4S/c1-18(2)10-12-3-5-14(6-4-12)24(22,23)19-8-7-13(11-19)9-15(20)16(17)21/h3-9,11,20H,10H2,1-2H3,(H2,17,21)/b15-9+. The van der Waals surface area contributed by atoms with E-state index in [2.05, 4.69) is 0 Å². The van der Waals surface area contributed by atoms with E-state index >= 15 is 0 Å². The number of rotatable bonds is 6. The first-order chi connectivity index (χ1) is 11.2. The summed E-state index contributed by atoms with van der Waals surface area (Å²) in [4.78, 5) is 12.9. The van der Waals surface area contributed by atoms with E-state index in [1.165, 1.54) is 18.5 Å². The second-order valence-corrected chi connectivity index (χ2v) is 7.40. The lowest BCUT2D eigenvalue weighted by Gasteiger charge is -2.10. The lowest BCUT2D eigenvalue weighted by Crippen LogP contribution is -2.13. The Labute approximate surface area is 140 Å². The first kappa shape index (κ1) is 17.8. The predicted octanol–water partition coefficient (Wildman–Crippen LogP) is 1.17. The van der Waals surface area contributed by atoms with Crippen LogP contribution in [0.25, 0.3) is 6.08 Å². The summed E-state index contributed by atoms with van der Waals surface area (Å²) >= 11 is 0. The number of amides is 1. The zero-order valence-corrected chi connectivity index (χ0v) is 14.2. The zero-order valence-electron chi connectivity index (χ0n) is 13.4. The molecule has 1 heterocycles. The summed E-state index contributed by atoms with van der Waals surface area (Å²) in [5.41, 5.74) is 6.28. The van der Waals surface area contributed by atoms with Crippen LogP contribution in [0.15, 0.2) is 53.4 Å². The lowest BCUT2D eigenvalue weighted by molar-refractivity contribution is -0.116. The van der Waals surface area contributed by atoms with Gasteiger partial charge in [0.1, 0.15) is 0 Å². The molecule has 0 fully saturated rings. The summed E-state index contributed by atoms with van der Waals surface area (Å²) in [6.45, 7) is 0.713. The maximum absolute atomic E-state index is 12.6. The lowest BCUT2D eigenvalue weighted by atomic mass is 10.2. The average Bonchev–Trinajstić information content (AvgIpc) is 2.96. The molecule has 0 atom stereocenters. The van der Waals surface area contributed by atoms with Gasteiger partial charge in [-0.1, -0.05) is 12.1 Å². The number of benzene rings is 1.